The number of hydrogen-bond acceptors (Lipinski definition) is 4. The van der Waals surface area contributed by atoms with Crippen LogP contribution in [0.1, 0.15) is 65.2 Å². The summed E-state index contributed by atoms with van der Waals surface area (Å²) in [6, 6.07) is 0.488. The Morgan fingerprint density at radius 3 is 2.57 bits per heavy atom. The Labute approximate surface area is 128 Å². The van der Waals surface area contributed by atoms with E-state index in [1.165, 1.54) is 6.42 Å². The van der Waals surface area contributed by atoms with Crippen LogP contribution in [0.3, 0.4) is 0 Å². The quantitative estimate of drug-likeness (QED) is 0.766. The molecule has 0 aromatic rings. The molecule has 0 bridgehead atoms. The average Bonchev–Trinajstić information content (AvgIpc) is 2.49. The van der Waals surface area contributed by atoms with E-state index >= 15 is 0 Å². The Morgan fingerprint density at radius 2 is 1.95 bits per heavy atom. The van der Waals surface area contributed by atoms with Gasteiger partial charge < -0.3 is 15.2 Å². The summed E-state index contributed by atoms with van der Waals surface area (Å²) < 4.78 is 5.11. The van der Waals surface area contributed by atoms with Gasteiger partial charge in [0.15, 0.2) is 0 Å². The molecular weight excluding hydrogens is 266 g/mol. The standard InChI is InChI=1S/C17H31NO3/c1-3-21-16(20)13-7-9-14(10-8-13)18-12-17(2)11-5-4-6-15(17)19/h13-15,18-19H,3-12H2,1-2H3. The molecule has 0 radical (unpaired) electrons. The summed E-state index contributed by atoms with van der Waals surface area (Å²) in [5.74, 6) is 0.0736. The summed E-state index contributed by atoms with van der Waals surface area (Å²) in [5.41, 5.74) is 0.0240. The molecule has 21 heavy (non-hydrogen) atoms. The topological polar surface area (TPSA) is 58.6 Å². The van der Waals surface area contributed by atoms with Gasteiger partial charge in [0.1, 0.15) is 0 Å². The summed E-state index contributed by atoms with van der Waals surface area (Å²) in [4.78, 5) is 11.7. The third-order valence-electron chi connectivity index (χ3n) is 5.42. The fourth-order valence-corrected chi connectivity index (χ4v) is 3.76. The summed E-state index contributed by atoms with van der Waals surface area (Å²) in [7, 11) is 0. The van der Waals surface area contributed by atoms with Crippen molar-refractivity contribution in [2.45, 2.75) is 77.4 Å². The molecule has 2 N–H and O–H groups in total. The Bertz CT molecular complexity index is 339. The Kier molecular flexibility index (Phi) is 6.06. The van der Waals surface area contributed by atoms with Crippen LogP contribution in [0.25, 0.3) is 0 Å². The van der Waals surface area contributed by atoms with Crippen LogP contribution >= 0.6 is 0 Å². The van der Waals surface area contributed by atoms with Crippen LogP contribution in [0.5, 0.6) is 0 Å². The predicted octanol–water partition coefficient (Wildman–Crippen LogP) is 2.64. The first-order valence-corrected chi connectivity index (χ1v) is 8.63. The van der Waals surface area contributed by atoms with Crippen LogP contribution in [0.2, 0.25) is 0 Å². The summed E-state index contributed by atoms with van der Waals surface area (Å²) >= 11 is 0. The van der Waals surface area contributed by atoms with Gasteiger partial charge in [-0.15, -0.1) is 0 Å². The maximum Gasteiger partial charge on any atom is 0.308 e. The van der Waals surface area contributed by atoms with Crippen molar-refractivity contribution in [3.8, 4) is 0 Å². The lowest BCUT2D eigenvalue weighted by atomic mass is 9.73. The zero-order chi connectivity index (χ0) is 15.3. The number of carbonyl (C=O) groups is 1. The number of esters is 1. The zero-order valence-corrected chi connectivity index (χ0v) is 13.6. The maximum atomic E-state index is 11.7. The van der Waals surface area contributed by atoms with Crippen LogP contribution in [0, 0.1) is 11.3 Å². The minimum absolute atomic E-state index is 0.0226. The van der Waals surface area contributed by atoms with E-state index < -0.39 is 0 Å². The van der Waals surface area contributed by atoms with E-state index in [0.29, 0.717) is 12.6 Å². The molecule has 0 aromatic carbocycles. The van der Waals surface area contributed by atoms with Crippen molar-refractivity contribution >= 4 is 5.97 Å². The summed E-state index contributed by atoms with van der Waals surface area (Å²) in [5, 5.41) is 13.9. The molecule has 4 heteroatoms. The number of aliphatic hydroxyl groups excluding tert-OH is 1. The van der Waals surface area contributed by atoms with Gasteiger partial charge in [-0.1, -0.05) is 19.8 Å². The second kappa shape index (κ2) is 7.59. The number of rotatable bonds is 5. The second-order valence-corrected chi connectivity index (χ2v) is 7.10. The molecular formula is C17H31NO3. The monoisotopic (exact) mass is 297 g/mol. The Morgan fingerprint density at radius 1 is 1.24 bits per heavy atom. The summed E-state index contributed by atoms with van der Waals surface area (Å²) in [6.45, 7) is 5.44. The Balaban J connectivity index is 1.72. The predicted molar refractivity (Wildman–Crippen MR) is 83.0 cm³/mol. The molecule has 0 aliphatic heterocycles. The summed E-state index contributed by atoms with van der Waals surface area (Å²) in [6.07, 6.45) is 8.19. The molecule has 0 aromatic heterocycles. The third kappa shape index (κ3) is 4.43. The molecule has 0 saturated heterocycles. The van der Waals surface area contributed by atoms with Crippen LogP contribution in [-0.2, 0) is 9.53 Å². The van der Waals surface area contributed by atoms with E-state index in [0.717, 1.165) is 51.5 Å². The highest BCUT2D eigenvalue weighted by atomic mass is 16.5. The fourth-order valence-electron chi connectivity index (χ4n) is 3.76. The number of hydrogen-bond donors (Lipinski definition) is 2. The largest absolute Gasteiger partial charge is 0.466 e. The van der Waals surface area contributed by atoms with Gasteiger partial charge in [0.05, 0.1) is 18.6 Å². The number of aliphatic hydroxyl groups is 1. The first kappa shape index (κ1) is 16.8. The molecule has 0 spiro atoms. The van der Waals surface area contributed by atoms with E-state index in [2.05, 4.69) is 12.2 Å². The van der Waals surface area contributed by atoms with E-state index in [-0.39, 0.29) is 23.4 Å². The van der Waals surface area contributed by atoms with Gasteiger partial charge in [0.2, 0.25) is 0 Å². The number of carbonyl (C=O) groups excluding carboxylic acids is 1. The average molecular weight is 297 g/mol. The Hall–Kier alpha value is -0.610. The minimum Gasteiger partial charge on any atom is -0.466 e. The highest BCUT2D eigenvalue weighted by Gasteiger charge is 2.36. The maximum absolute atomic E-state index is 11.7. The van der Waals surface area contributed by atoms with E-state index in [1.54, 1.807) is 0 Å². The molecule has 2 unspecified atom stereocenters. The van der Waals surface area contributed by atoms with Crippen LogP contribution < -0.4 is 5.32 Å². The smallest absolute Gasteiger partial charge is 0.308 e. The molecule has 2 rings (SSSR count). The van der Waals surface area contributed by atoms with Gasteiger partial charge in [0, 0.05) is 18.0 Å². The van der Waals surface area contributed by atoms with E-state index in [9.17, 15) is 9.90 Å². The lowest BCUT2D eigenvalue weighted by Gasteiger charge is -2.40. The van der Waals surface area contributed by atoms with Gasteiger partial charge in [-0.2, -0.15) is 0 Å². The van der Waals surface area contributed by atoms with Gasteiger partial charge >= 0.3 is 5.97 Å². The molecule has 2 aliphatic carbocycles. The lowest BCUT2D eigenvalue weighted by molar-refractivity contribution is -0.149. The fraction of sp³-hybridized carbons (Fsp3) is 0.941. The molecule has 2 atom stereocenters. The highest BCUT2D eigenvalue weighted by molar-refractivity contribution is 5.72. The number of nitrogens with one attached hydrogen (secondary N) is 1. The molecule has 4 nitrogen and oxygen atoms in total. The van der Waals surface area contributed by atoms with Gasteiger partial charge in [-0.05, 0) is 45.4 Å². The van der Waals surface area contributed by atoms with Gasteiger partial charge in [0.25, 0.3) is 0 Å². The van der Waals surface area contributed by atoms with Crippen molar-refractivity contribution in [3.63, 3.8) is 0 Å². The highest BCUT2D eigenvalue weighted by Crippen LogP contribution is 2.36. The normalized spacial score (nSPS) is 37.2. The molecule has 2 saturated carbocycles. The zero-order valence-electron chi connectivity index (χ0n) is 13.6. The SMILES string of the molecule is CCOC(=O)C1CCC(NCC2(C)CCCCC2O)CC1. The van der Waals surface area contributed by atoms with Crippen LogP contribution in [0.15, 0.2) is 0 Å². The van der Waals surface area contributed by atoms with Crippen molar-refractivity contribution in [1.82, 2.24) is 5.32 Å². The molecule has 0 amide bonds. The molecule has 122 valence electrons. The van der Waals surface area contributed by atoms with E-state index in [4.69, 9.17) is 4.74 Å². The molecule has 2 fully saturated rings. The lowest BCUT2D eigenvalue weighted by Crippen LogP contribution is -2.47. The van der Waals surface area contributed by atoms with Crippen molar-refractivity contribution in [2.75, 3.05) is 13.2 Å². The first-order chi connectivity index (χ1) is 10.0. The van der Waals surface area contributed by atoms with Crippen LogP contribution in [0.4, 0.5) is 0 Å². The van der Waals surface area contributed by atoms with Gasteiger partial charge in [-0.3, -0.25) is 4.79 Å². The first-order valence-electron chi connectivity index (χ1n) is 8.63. The third-order valence-corrected chi connectivity index (χ3v) is 5.42. The van der Waals surface area contributed by atoms with E-state index in [1.807, 2.05) is 6.92 Å². The van der Waals surface area contributed by atoms with Gasteiger partial charge in [-0.25, -0.2) is 0 Å². The molecule has 0 heterocycles. The van der Waals surface area contributed by atoms with Crippen molar-refractivity contribution in [3.05, 3.63) is 0 Å². The second-order valence-electron chi connectivity index (χ2n) is 7.10. The van der Waals surface area contributed by atoms with Crippen molar-refractivity contribution in [1.29, 1.82) is 0 Å². The van der Waals surface area contributed by atoms with Crippen molar-refractivity contribution in [2.24, 2.45) is 11.3 Å². The minimum atomic E-state index is -0.172. The number of ether oxygens (including phenoxy) is 1. The molecule has 2 aliphatic rings. The van der Waals surface area contributed by atoms with Crippen molar-refractivity contribution < 1.29 is 14.6 Å². The van der Waals surface area contributed by atoms with Crippen LogP contribution in [-0.4, -0.2) is 36.4 Å².